The first kappa shape index (κ1) is 17.9. The maximum atomic E-state index is 12.4. The van der Waals surface area contributed by atoms with E-state index in [0.29, 0.717) is 13.1 Å². The number of nitrogens with zero attached hydrogens (tertiary/aromatic N) is 1. The molecule has 0 aromatic heterocycles. The summed E-state index contributed by atoms with van der Waals surface area (Å²) in [5.41, 5.74) is 2.74. The number of para-hydroxylation sites is 1. The first-order valence-corrected chi connectivity index (χ1v) is 7.87. The number of amides is 2. The van der Waals surface area contributed by atoms with Gasteiger partial charge in [0.15, 0.2) is 0 Å². The minimum Gasteiger partial charge on any atom is -0.469 e. The van der Waals surface area contributed by atoms with E-state index in [9.17, 15) is 14.4 Å². The van der Waals surface area contributed by atoms with Crippen molar-refractivity contribution in [3.8, 4) is 0 Å². The maximum absolute atomic E-state index is 12.4. The lowest BCUT2D eigenvalue weighted by Crippen LogP contribution is -2.57. The van der Waals surface area contributed by atoms with Gasteiger partial charge in [-0.05, 0) is 25.0 Å². The third-order valence-electron chi connectivity index (χ3n) is 4.12. The van der Waals surface area contributed by atoms with E-state index in [-0.39, 0.29) is 24.8 Å². The molecule has 1 aliphatic heterocycles. The van der Waals surface area contributed by atoms with Gasteiger partial charge in [-0.25, -0.2) is 0 Å². The number of hydrogen-bond acceptors (Lipinski definition) is 5. The average molecular weight is 333 g/mol. The Balaban J connectivity index is 2.05. The fourth-order valence-corrected chi connectivity index (χ4v) is 2.79. The normalized spacial score (nSPS) is 18.0. The van der Waals surface area contributed by atoms with Crippen molar-refractivity contribution in [1.82, 2.24) is 10.2 Å². The fourth-order valence-electron chi connectivity index (χ4n) is 2.79. The molecule has 1 aliphatic rings. The number of anilines is 1. The lowest BCUT2D eigenvalue weighted by atomic mass is 10.1. The Morgan fingerprint density at radius 1 is 1.33 bits per heavy atom. The van der Waals surface area contributed by atoms with E-state index in [1.54, 1.807) is 4.90 Å². The molecular weight excluding hydrogens is 310 g/mol. The number of hydrogen-bond donors (Lipinski definition) is 2. The van der Waals surface area contributed by atoms with Crippen molar-refractivity contribution in [1.29, 1.82) is 0 Å². The monoisotopic (exact) mass is 333 g/mol. The second-order valence-corrected chi connectivity index (χ2v) is 5.87. The zero-order valence-electron chi connectivity index (χ0n) is 14.2. The Kier molecular flexibility index (Phi) is 5.92. The van der Waals surface area contributed by atoms with Gasteiger partial charge in [-0.1, -0.05) is 18.2 Å². The van der Waals surface area contributed by atoms with Crippen molar-refractivity contribution in [2.45, 2.75) is 26.3 Å². The molecule has 1 heterocycles. The minimum absolute atomic E-state index is 0.0445. The maximum Gasteiger partial charge on any atom is 0.307 e. The number of carbonyl (C=O) groups excluding carboxylic acids is 3. The minimum atomic E-state index is -0.685. The zero-order chi connectivity index (χ0) is 17.7. The van der Waals surface area contributed by atoms with Crippen LogP contribution in [-0.4, -0.2) is 55.5 Å². The molecule has 1 aromatic rings. The van der Waals surface area contributed by atoms with Gasteiger partial charge in [0.1, 0.15) is 6.04 Å². The summed E-state index contributed by atoms with van der Waals surface area (Å²) >= 11 is 0. The van der Waals surface area contributed by atoms with Gasteiger partial charge >= 0.3 is 5.97 Å². The molecule has 24 heavy (non-hydrogen) atoms. The first-order valence-electron chi connectivity index (χ1n) is 7.87. The first-order chi connectivity index (χ1) is 11.4. The second-order valence-electron chi connectivity index (χ2n) is 5.87. The molecule has 0 aliphatic carbocycles. The van der Waals surface area contributed by atoms with Crippen molar-refractivity contribution in [2.24, 2.45) is 0 Å². The number of nitrogens with one attached hydrogen (secondary N) is 2. The number of aryl methyl sites for hydroxylation is 2. The number of ether oxygens (including phenoxy) is 1. The Morgan fingerprint density at radius 3 is 2.62 bits per heavy atom. The summed E-state index contributed by atoms with van der Waals surface area (Å²) in [6.07, 6.45) is -0.0704. The van der Waals surface area contributed by atoms with E-state index in [0.717, 1.165) is 16.8 Å². The van der Waals surface area contributed by atoms with Crippen LogP contribution in [0.2, 0.25) is 0 Å². The number of methoxy groups -OCH3 is 1. The van der Waals surface area contributed by atoms with Crippen molar-refractivity contribution in [3.05, 3.63) is 29.3 Å². The Hall–Kier alpha value is -2.41. The zero-order valence-corrected chi connectivity index (χ0v) is 14.2. The van der Waals surface area contributed by atoms with Crippen LogP contribution in [0.25, 0.3) is 0 Å². The van der Waals surface area contributed by atoms with Gasteiger partial charge in [-0.3, -0.25) is 19.3 Å². The van der Waals surface area contributed by atoms with E-state index >= 15 is 0 Å². The third-order valence-corrected chi connectivity index (χ3v) is 4.12. The van der Waals surface area contributed by atoms with Gasteiger partial charge in [0.2, 0.25) is 11.8 Å². The van der Waals surface area contributed by atoms with Crippen molar-refractivity contribution >= 4 is 23.5 Å². The lowest BCUT2D eigenvalue weighted by Gasteiger charge is -2.33. The topological polar surface area (TPSA) is 87.7 Å². The summed E-state index contributed by atoms with van der Waals surface area (Å²) in [5, 5.41) is 5.61. The summed E-state index contributed by atoms with van der Waals surface area (Å²) in [4.78, 5) is 37.6. The van der Waals surface area contributed by atoms with E-state index in [4.69, 9.17) is 0 Å². The number of esters is 1. The molecule has 0 saturated carbocycles. The van der Waals surface area contributed by atoms with Crippen molar-refractivity contribution in [3.63, 3.8) is 0 Å². The predicted molar refractivity (Wildman–Crippen MR) is 89.5 cm³/mol. The van der Waals surface area contributed by atoms with Crippen LogP contribution in [0.5, 0.6) is 0 Å². The molecule has 2 rings (SSSR count). The largest absolute Gasteiger partial charge is 0.469 e. The molecular formula is C17H23N3O4. The summed E-state index contributed by atoms with van der Waals surface area (Å²) < 4.78 is 4.64. The average Bonchev–Trinajstić information content (AvgIpc) is 2.54. The van der Waals surface area contributed by atoms with Gasteiger partial charge in [0.05, 0.1) is 20.1 Å². The van der Waals surface area contributed by atoms with Gasteiger partial charge in [0, 0.05) is 18.8 Å². The van der Waals surface area contributed by atoms with Gasteiger partial charge < -0.3 is 15.4 Å². The van der Waals surface area contributed by atoms with Crippen LogP contribution >= 0.6 is 0 Å². The van der Waals surface area contributed by atoms with Crippen LogP contribution < -0.4 is 10.6 Å². The van der Waals surface area contributed by atoms with Gasteiger partial charge in [-0.15, -0.1) is 0 Å². The van der Waals surface area contributed by atoms with E-state index in [1.807, 2.05) is 32.0 Å². The molecule has 130 valence electrons. The Morgan fingerprint density at radius 2 is 2.00 bits per heavy atom. The lowest BCUT2D eigenvalue weighted by molar-refractivity contribution is -0.146. The fraction of sp³-hybridized carbons (Fsp3) is 0.471. The van der Waals surface area contributed by atoms with Crippen LogP contribution in [-0.2, 0) is 19.1 Å². The third kappa shape index (κ3) is 4.32. The van der Waals surface area contributed by atoms with E-state index in [1.165, 1.54) is 7.11 Å². The van der Waals surface area contributed by atoms with E-state index < -0.39 is 12.0 Å². The molecule has 1 atom stereocenters. The quantitative estimate of drug-likeness (QED) is 0.771. The Labute approximate surface area is 141 Å². The molecule has 2 amide bonds. The van der Waals surface area contributed by atoms with Gasteiger partial charge in [0.25, 0.3) is 0 Å². The molecule has 2 N–H and O–H groups in total. The van der Waals surface area contributed by atoms with Crippen LogP contribution in [0, 0.1) is 13.8 Å². The molecule has 7 nitrogen and oxygen atoms in total. The summed E-state index contributed by atoms with van der Waals surface area (Å²) in [6, 6.07) is 5.10. The molecule has 1 saturated heterocycles. The highest BCUT2D eigenvalue weighted by Gasteiger charge is 2.33. The number of rotatable bonds is 5. The molecule has 0 bridgehead atoms. The molecule has 1 fully saturated rings. The predicted octanol–water partition coefficient (Wildman–Crippen LogP) is 0.605. The molecule has 1 aromatic carbocycles. The molecule has 0 unspecified atom stereocenters. The van der Waals surface area contributed by atoms with Gasteiger partial charge in [-0.2, -0.15) is 0 Å². The van der Waals surface area contributed by atoms with Crippen LogP contribution in [0.3, 0.4) is 0 Å². The SMILES string of the molecule is COC(=O)C[C@H]1C(=O)NCCN1CC(=O)Nc1c(C)cccc1C. The van der Waals surface area contributed by atoms with Crippen LogP contribution in [0.15, 0.2) is 18.2 Å². The molecule has 7 heteroatoms. The standard InChI is InChI=1S/C17H23N3O4/c1-11-5-4-6-12(2)16(11)19-14(21)10-20-8-7-18-17(23)13(20)9-15(22)24-3/h4-6,13H,7-10H2,1-3H3,(H,18,23)(H,19,21)/t13-/m0/s1. The number of piperazine rings is 1. The Bertz CT molecular complexity index is 624. The van der Waals surface area contributed by atoms with Crippen LogP contribution in [0.4, 0.5) is 5.69 Å². The smallest absolute Gasteiger partial charge is 0.307 e. The molecule has 0 radical (unpaired) electrons. The molecule has 0 spiro atoms. The highest BCUT2D eigenvalue weighted by atomic mass is 16.5. The highest BCUT2D eigenvalue weighted by Crippen LogP contribution is 2.19. The van der Waals surface area contributed by atoms with E-state index in [2.05, 4.69) is 15.4 Å². The number of benzene rings is 1. The second kappa shape index (κ2) is 7.92. The summed E-state index contributed by atoms with van der Waals surface area (Å²) in [7, 11) is 1.28. The van der Waals surface area contributed by atoms with Crippen LogP contribution in [0.1, 0.15) is 17.5 Å². The number of carbonyl (C=O) groups is 3. The van der Waals surface area contributed by atoms with Crippen molar-refractivity contribution < 1.29 is 19.1 Å². The summed E-state index contributed by atoms with van der Waals surface area (Å²) in [5.74, 6) is -0.944. The summed E-state index contributed by atoms with van der Waals surface area (Å²) in [6.45, 7) is 4.86. The van der Waals surface area contributed by atoms with Crippen molar-refractivity contribution in [2.75, 3.05) is 32.1 Å². The highest BCUT2D eigenvalue weighted by molar-refractivity contribution is 5.95.